The Morgan fingerprint density at radius 2 is 1.32 bits per heavy atom. The lowest BCUT2D eigenvalue weighted by Crippen LogP contribution is -2.40. The van der Waals surface area contributed by atoms with Gasteiger partial charge in [0.15, 0.2) is 0 Å². The fourth-order valence-electron chi connectivity index (χ4n) is 2.48. The van der Waals surface area contributed by atoms with Crippen LogP contribution in [0, 0.1) is 29.1 Å². The van der Waals surface area contributed by atoms with E-state index in [4.69, 9.17) is 17.2 Å². The SMILES string of the molecule is NC(=O)C(N)CC[C@H](N)C(=O)Nc1ccc(COC(=O)Oc2c(F)c(F)c(F)c(F)c2F)cc1. The summed E-state index contributed by atoms with van der Waals surface area (Å²) in [7, 11) is 0. The van der Waals surface area contributed by atoms with Crippen LogP contribution < -0.4 is 27.3 Å². The number of rotatable bonds is 9. The number of ether oxygens (including phenoxy) is 2. The van der Waals surface area contributed by atoms with Crippen molar-refractivity contribution in [2.24, 2.45) is 17.2 Å². The highest BCUT2D eigenvalue weighted by Crippen LogP contribution is 2.29. The summed E-state index contributed by atoms with van der Waals surface area (Å²) < 4.78 is 75.0. The highest BCUT2D eigenvalue weighted by atomic mass is 19.2. The van der Waals surface area contributed by atoms with E-state index >= 15 is 0 Å². The Morgan fingerprint density at radius 3 is 1.85 bits per heavy atom. The Bertz CT molecular complexity index is 1060. The Morgan fingerprint density at radius 1 is 0.824 bits per heavy atom. The van der Waals surface area contributed by atoms with Gasteiger partial charge in [-0.05, 0) is 30.5 Å². The third kappa shape index (κ3) is 6.62. The fourth-order valence-corrected chi connectivity index (χ4v) is 2.48. The number of carbonyl (C=O) groups is 3. The van der Waals surface area contributed by atoms with Crippen molar-refractivity contribution < 1.29 is 45.8 Å². The summed E-state index contributed by atoms with van der Waals surface area (Å²) in [5.41, 5.74) is 16.9. The molecule has 0 aromatic heterocycles. The fraction of sp³-hybridized carbons (Fsp3) is 0.250. The predicted molar refractivity (Wildman–Crippen MR) is 106 cm³/mol. The number of hydrogen-bond acceptors (Lipinski definition) is 7. The lowest BCUT2D eigenvalue weighted by Gasteiger charge is -2.14. The number of nitrogens with one attached hydrogen (secondary N) is 1. The van der Waals surface area contributed by atoms with Crippen molar-refractivity contribution in [2.45, 2.75) is 31.5 Å². The van der Waals surface area contributed by atoms with E-state index in [-0.39, 0.29) is 12.8 Å². The van der Waals surface area contributed by atoms with Gasteiger partial charge in [-0.25, -0.2) is 18.0 Å². The largest absolute Gasteiger partial charge is 0.514 e. The number of primary amides is 1. The van der Waals surface area contributed by atoms with Gasteiger partial charge in [-0.15, -0.1) is 0 Å². The van der Waals surface area contributed by atoms with Crippen LogP contribution in [0.4, 0.5) is 32.4 Å². The molecule has 2 aromatic carbocycles. The van der Waals surface area contributed by atoms with Gasteiger partial charge in [0.25, 0.3) is 0 Å². The van der Waals surface area contributed by atoms with E-state index < -0.39 is 71.5 Å². The molecular formula is C20H19F5N4O5. The Labute approximate surface area is 189 Å². The van der Waals surface area contributed by atoms with Gasteiger partial charge >= 0.3 is 6.16 Å². The minimum absolute atomic E-state index is 0.104. The lowest BCUT2D eigenvalue weighted by atomic mass is 10.1. The molecule has 0 aliphatic carbocycles. The lowest BCUT2D eigenvalue weighted by molar-refractivity contribution is -0.120. The van der Waals surface area contributed by atoms with Gasteiger partial charge in [-0.3, -0.25) is 9.59 Å². The van der Waals surface area contributed by atoms with E-state index in [1.807, 2.05) is 0 Å². The third-order valence-electron chi connectivity index (χ3n) is 4.42. The standard InChI is InChI=1S/C20H19F5N4O5/c21-12-13(22)15(24)17(16(25)14(12)23)34-20(32)33-7-8-1-3-9(4-2-8)29-19(31)11(27)6-5-10(26)18(28)30/h1-4,10-11H,5-7,26-27H2,(H2,28,30)(H,29,31)/t10?,11-/m0/s1. The van der Waals surface area contributed by atoms with Crippen LogP contribution in [-0.2, 0) is 20.9 Å². The number of anilines is 1. The molecular weight excluding hydrogens is 471 g/mol. The summed E-state index contributed by atoms with van der Waals surface area (Å²) in [6.07, 6.45) is -1.50. The molecule has 0 saturated carbocycles. The van der Waals surface area contributed by atoms with Crippen molar-refractivity contribution in [3.05, 3.63) is 58.9 Å². The average molecular weight is 490 g/mol. The summed E-state index contributed by atoms with van der Waals surface area (Å²) in [6, 6.07) is 3.72. The molecule has 0 fully saturated rings. The highest BCUT2D eigenvalue weighted by Gasteiger charge is 2.29. The molecule has 0 saturated heterocycles. The second kappa shape index (κ2) is 11.4. The molecule has 0 bridgehead atoms. The van der Waals surface area contributed by atoms with Crippen LogP contribution >= 0.6 is 0 Å². The molecule has 0 aliphatic rings. The summed E-state index contributed by atoms with van der Waals surface area (Å²) in [5.74, 6) is -14.7. The summed E-state index contributed by atoms with van der Waals surface area (Å²) in [4.78, 5) is 34.6. The van der Waals surface area contributed by atoms with Gasteiger partial charge in [0.05, 0.1) is 12.1 Å². The third-order valence-corrected chi connectivity index (χ3v) is 4.42. The van der Waals surface area contributed by atoms with E-state index in [0.717, 1.165) is 0 Å². The first kappa shape index (κ1) is 26.5. The number of carbonyl (C=O) groups excluding carboxylic acids is 3. The van der Waals surface area contributed by atoms with E-state index in [1.165, 1.54) is 24.3 Å². The second-order valence-electron chi connectivity index (χ2n) is 6.92. The summed E-state index contributed by atoms with van der Waals surface area (Å²) in [6.45, 7) is -0.493. The maximum absolute atomic E-state index is 13.5. The first-order valence-electron chi connectivity index (χ1n) is 9.48. The quantitative estimate of drug-likeness (QED) is 0.137. The number of benzene rings is 2. The van der Waals surface area contributed by atoms with E-state index in [9.17, 15) is 36.3 Å². The first-order chi connectivity index (χ1) is 15.9. The predicted octanol–water partition coefficient (Wildman–Crippen LogP) is 1.96. The minimum atomic E-state index is -2.40. The number of amides is 2. The molecule has 0 aliphatic heterocycles. The molecule has 34 heavy (non-hydrogen) atoms. The minimum Gasteiger partial charge on any atom is -0.429 e. The van der Waals surface area contributed by atoms with Crippen molar-refractivity contribution in [3.8, 4) is 5.75 Å². The van der Waals surface area contributed by atoms with Crippen molar-refractivity contribution in [3.63, 3.8) is 0 Å². The molecule has 9 nitrogen and oxygen atoms in total. The monoisotopic (exact) mass is 490 g/mol. The Hall–Kier alpha value is -3.78. The molecule has 0 heterocycles. The molecule has 14 heteroatoms. The molecule has 2 aromatic rings. The van der Waals surface area contributed by atoms with Gasteiger partial charge in [-0.2, -0.15) is 8.78 Å². The van der Waals surface area contributed by atoms with E-state index in [1.54, 1.807) is 0 Å². The molecule has 0 radical (unpaired) electrons. The van der Waals surface area contributed by atoms with Gasteiger partial charge in [0.2, 0.25) is 46.6 Å². The molecule has 7 N–H and O–H groups in total. The van der Waals surface area contributed by atoms with Crippen LogP contribution in [0.25, 0.3) is 0 Å². The zero-order chi connectivity index (χ0) is 25.6. The van der Waals surface area contributed by atoms with Gasteiger partial charge in [0.1, 0.15) is 6.61 Å². The summed E-state index contributed by atoms with van der Waals surface area (Å²) >= 11 is 0. The van der Waals surface area contributed by atoms with Gasteiger partial charge in [-0.1, -0.05) is 12.1 Å². The molecule has 2 rings (SSSR count). The molecule has 2 amide bonds. The zero-order valence-corrected chi connectivity index (χ0v) is 17.2. The summed E-state index contributed by atoms with van der Waals surface area (Å²) in [5, 5.41) is 2.51. The van der Waals surface area contributed by atoms with Crippen molar-refractivity contribution in [1.29, 1.82) is 0 Å². The molecule has 1 unspecified atom stereocenters. The first-order valence-corrected chi connectivity index (χ1v) is 9.48. The van der Waals surface area contributed by atoms with Crippen LogP contribution in [0.2, 0.25) is 0 Å². The normalized spacial score (nSPS) is 12.6. The highest BCUT2D eigenvalue weighted by molar-refractivity contribution is 5.94. The van der Waals surface area contributed by atoms with Crippen LogP contribution in [0.1, 0.15) is 18.4 Å². The van der Waals surface area contributed by atoms with Crippen LogP contribution in [0.15, 0.2) is 24.3 Å². The number of hydrogen-bond donors (Lipinski definition) is 4. The maximum atomic E-state index is 13.5. The number of halogens is 5. The van der Waals surface area contributed by atoms with Crippen molar-refractivity contribution in [1.82, 2.24) is 0 Å². The smallest absolute Gasteiger partial charge is 0.429 e. The van der Waals surface area contributed by atoms with Crippen molar-refractivity contribution in [2.75, 3.05) is 5.32 Å². The van der Waals surface area contributed by atoms with Crippen molar-refractivity contribution >= 4 is 23.7 Å². The van der Waals surface area contributed by atoms with Crippen LogP contribution in [0.5, 0.6) is 5.75 Å². The van der Waals surface area contributed by atoms with E-state index in [2.05, 4.69) is 14.8 Å². The molecule has 184 valence electrons. The number of nitrogens with two attached hydrogens (primary N) is 3. The molecule has 0 spiro atoms. The second-order valence-corrected chi connectivity index (χ2v) is 6.92. The van der Waals surface area contributed by atoms with E-state index in [0.29, 0.717) is 11.3 Å². The Balaban J connectivity index is 1.89. The topological polar surface area (TPSA) is 160 Å². The zero-order valence-electron chi connectivity index (χ0n) is 17.2. The maximum Gasteiger partial charge on any atom is 0.514 e. The Kier molecular flexibility index (Phi) is 8.86. The molecule has 2 atom stereocenters. The van der Waals surface area contributed by atoms with Crippen LogP contribution in [0.3, 0.4) is 0 Å². The van der Waals surface area contributed by atoms with Crippen LogP contribution in [-0.4, -0.2) is 30.1 Å². The average Bonchev–Trinajstić information content (AvgIpc) is 2.81. The van der Waals surface area contributed by atoms with Gasteiger partial charge < -0.3 is 32.0 Å². The van der Waals surface area contributed by atoms with Gasteiger partial charge in [0, 0.05) is 5.69 Å².